The highest BCUT2D eigenvalue weighted by Gasteiger charge is 2.17. The van der Waals surface area contributed by atoms with Gasteiger partial charge in [0, 0.05) is 30.4 Å². The summed E-state index contributed by atoms with van der Waals surface area (Å²) in [6.45, 7) is 5.49. The molecule has 1 N–H and O–H groups in total. The smallest absolute Gasteiger partial charge is 0.259 e. The minimum atomic E-state index is -0.319. The molecule has 0 spiro atoms. The molecule has 1 aromatic carbocycles. The number of aromatic amines is 1. The van der Waals surface area contributed by atoms with Crippen molar-refractivity contribution in [2.45, 2.75) is 13.3 Å². The first-order valence-corrected chi connectivity index (χ1v) is 8.51. The van der Waals surface area contributed by atoms with Gasteiger partial charge in [-0.3, -0.25) is 9.78 Å². The van der Waals surface area contributed by atoms with Crippen molar-refractivity contribution in [3.05, 3.63) is 88.6 Å². The quantitative estimate of drug-likeness (QED) is 0.576. The number of halogens is 1. The number of hydrogen-bond donors (Lipinski definition) is 1. The Labute approximate surface area is 159 Å². The second-order valence-electron chi connectivity index (χ2n) is 6.32. The number of benzene rings is 1. The summed E-state index contributed by atoms with van der Waals surface area (Å²) in [4.78, 5) is 19.2. The molecule has 0 unspecified atom stereocenters. The van der Waals surface area contributed by atoms with Crippen LogP contribution < -0.4 is 5.56 Å². The molecule has 0 atom stereocenters. The first-order chi connectivity index (χ1) is 13.5. The number of nitrogens with zero attached hydrogens (tertiary/aromatic N) is 4. The number of aromatic nitrogens is 5. The maximum atomic E-state index is 14.1. The molecule has 3 aromatic heterocycles. The molecule has 0 fully saturated rings. The van der Waals surface area contributed by atoms with Crippen molar-refractivity contribution in [1.29, 1.82) is 0 Å². The third-order valence-corrected chi connectivity index (χ3v) is 4.28. The average molecular weight is 377 g/mol. The monoisotopic (exact) mass is 377 g/mol. The first kappa shape index (κ1) is 17.6. The van der Waals surface area contributed by atoms with Gasteiger partial charge in [-0.25, -0.2) is 14.1 Å². The van der Waals surface area contributed by atoms with Crippen molar-refractivity contribution in [2.24, 2.45) is 0 Å². The molecule has 0 aliphatic heterocycles. The van der Waals surface area contributed by atoms with Gasteiger partial charge in [0.25, 0.3) is 5.56 Å². The van der Waals surface area contributed by atoms with E-state index in [9.17, 15) is 9.18 Å². The molecule has 4 rings (SSSR count). The van der Waals surface area contributed by atoms with Crippen molar-refractivity contribution >= 4 is 5.57 Å². The van der Waals surface area contributed by atoms with Crippen LogP contribution in [0.5, 0.6) is 0 Å². The standard InChI is InChI=1S/C20H16FN5O2/c1-12(2)14-10-22-20(23-19(14)27)26-11-15(17-7-8-28-25-17)18(24-26)9-13-5-3-4-6-16(13)21/h3-8,10-11H,1,9H2,2H3,(H,22,23,27). The van der Waals surface area contributed by atoms with Gasteiger partial charge in [-0.1, -0.05) is 29.9 Å². The number of H-pyrrole nitrogens is 1. The molecule has 0 radical (unpaired) electrons. The van der Waals surface area contributed by atoms with E-state index >= 15 is 0 Å². The van der Waals surface area contributed by atoms with Gasteiger partial charge in [0.15, 0.2) is 0 Å². The van der Waals surface area contributed by atoms with E-state index in [0.29, 0.717) is 33.7 Å². The molecular weight excluding hydrogens is 361 g/mol. The minimum absolute atomic E-state index is 0.236. The lowest BCUT2D eigenvalue weighted by Crippen LogP contribution is -2.16. The number of hydrogen-bond acceptors (Lipinski definition) is 5. The fourth-order valence-electron chi connectivity index (χ4n) is 2.84. The lowest BCUT2D eigenvalue weighted by Gasteiger charge is -2.03. The zero-order valence-corrected chi connectivity index (χ0v) is 15.0. The van der Waals surface area contributed by atoms with Gasteiger partial charge < -0.3 is 4.52 Å². The Kier molecular flexibility index (Phi) is 4.44. The predicted octanol–water partition coefficient (Wildman–Crippen LogP) is 3.37. The van der Waals surface area contributed by atoms with Crippen LogP contribution in [-0.4, -0.2) is 24.9 Å². The zero-order valence-electron chi connectivity index (χ0n) is 15.0. The molecule has 140 valence electrons. The summed E-state index contributed by atoms with van der Waals surface area (Å²) in [5, 5.41) is 8.45. The van der Waals surface area contributed by atoms with Crippen LogP contribution in [0.4, 0.5) is 4.39 Å². The molecule has 4 aromatic rings. The summed E-state index contributed by atoms with van der Waals surface area (Å²) in [6.07, 6.45) is 4.81. The summed E-state index contributed by atoms with van der Waals surface area (Å²) in [7, 11) is 0. The summed E-state index contributed by atoms with van der Waals surface area (Å²) < 4.78 is 20.5. The van der Waals surface area contributed by atoms with Crippen LogP contribution >= 0.6 is 0 Å². The molecule has 0 aliphatic carbocycles. The molecule has 3 heterocycles. The largest absolute Gasteiger partial charge is 0.364 e. The van der Waals surface area contributed by atoms with E-state index in [1.807, 2.05) is 0 Å². The number of rotatable bonds is 5. The Hall–Kier alpha value is -3.81. The molecule has 28 heavy (non-hydrogen) atoms. The molecule has 0 saturated carbocycles. The van der Waals surface area contributed by atoms with Crippen LogP contribution in [0.2, 0.25) is 0 Å². The highest BCUT2D eigenvalue weighted by Crippen LogP contribution is 2.25. The van der Waals surface area contributed by atoms with Gasteiger partial charge in [0.05, 0.1) is 11.3 Å². The fraction of sp³-hybridized carbons (Fsp3) is 0.100. The Morgan fingerprint density at radius 3 is 2.82 bits per heavy atom. The molecular formula is C20H16FN5O2. The van der Waals surface area contributed by atoms with E-state index in [4.69, 9.17) is 4.52 Å². The predicted molar refractivity (Wildman–Crippen MR) is 101 cm³/mol. The van der Waals surface area contributed by atoms with E-state index in [1.165, 1.54) is 23.2 Å². The molecule has 8 heteroatoms. The van der Waals surface area contributed by atoms with Gasteiger partial charge in [-0.15, -0.1) is 0 Å². The van der Waals surface area contributed by atoms with Crippen LogP contribution in [0.1, 0.15) is 23.7 Å². The highest BCUT2D eigenvalue weighted by molar-refractivity contribution is 5.62. The maximum Gasteiger partial charge on any atom is 0.259 e. The van der Waals surface area contributed by atoms with Gasteiger partial charge in [0.1, 0.15) is 17.8 Å². The van der Waals surface area contributed by atoms with Crippen LogP contribution in [0, 0.1) is 5.82 Å². The number of nitrogens with one attached hydrogen (secondary N) is 1. The SMILES string of the molecule is C=C(C)c1cnc(-n2cc(-c3ccon3)c(Cc3ccccc3F)n2)[nH]c1=O. The third kappa shape index (κ3) is 3.27. The van der Waals surface area contributed by atoms with Crippen LogP contribution in [0.3, 0.4) is 0 Å². The second kappa shape index (κ2) is 7.07. The fourth-order valence-corrected chi connectivity index (χ4v) is 2.84. The van der Waals surface area contributed by atoms with Crippen molar-refractivity contribution in [2.75, 3.05) is 0 Å². The van der Waals surface area contributed by atoms with E-state index in [1.54, 1.807) is 37.4 Å². The molecule has 0 amide bonds. The van der Waals surface area contributed by atoms with Gasteiger partial charge in [-0.2, -0.15) is 5.10 Å². The van der Waals surface area contributed by atoms with Gasteiger partial charge >= 0.3 is 0 Å². The Morgan fingerprint density at radius 1 is 1.32 bits per heavy atom. The maximum absolute atomic E-state index is 14.1. The van der Waals surface area contributed by atoms with Crippen molar-refractivity contribution in [3.8, 4) is 17.2 Å². The Balaban J connectivity index is 1.80. The first-order valence-electron chi connectivity index (χ1n) is 8.51. The normalized spacial score (nSPS) is 10.9. The Bertz CT molecular complexity index is 1210. The summed E-state index contributed by atoms with van der Waals surface area (Å²) in [5.74, 6) is -0.0833. The topological polar surface area (TPSA) is 89.6 Å². The van der Waals surface area contributed by atoms with E-state index in [0.717, 1.165) is 0 Å². The highest BCUT2D eigenvalue weighted by atomic mass is 19.1. The van der Waals surface area contributed by atoms with E-state index in [2.05, 4.69) is 26.8 Å². The lowest BCUT2D eigenvalue weighted by molar-refractivity contribution is 0.422. The Morgan fingerprint density at radius 2 is 2.14 bits per heavy atom. The van der Waals surface area contributed by atoms with Crippen molar-refractivity contribution < 1.29 is 8.91 Å². The average Bonchev–Trinajstić information content (AvgIpc) is 3.33. The van der Waals surface area contributed by atoms with Crippen molar-refractivity contribution in [1.82, 2.24) is 24.9 Å². The van der Waals surface area contributed by atoms with Crippen LogP contribution in [-0.2, 0) is 6.42 Å². The zero-order chi connectivity index (χ0) is 19.7. The lowest BCUT2D eigenvalue weighted by atomic mass is 10.1. The molecule has 0 saturated heterocycles. The van der Waals surface area contributed by atoms with Gasteiger partial charge in [-0.05, 0) is 24.1 Å². The van der Waals surface area contributed by atoms with E-state index < -0.39 is 0 Å². The minimum Gasteiger partial charge on any atom is -0.364 e. The summed E-state index contributed by atoms with van der Waals surface area (Å²) >= 11 is 0. The van der Waals surface area contributed by atoms with Crippen molar-refractivity contribution in [3.63, 3.8) is 0 Å². The van der Waals surface area contributed by atoms with Crippen LogP contribution in [0.15, 0.2) is 64.9 Å². The third-order valence-electron chi connectivity index (χ3n) is 4.28. The van der Waals surface area contributed by atoms with E-state index in [-0.39, 0.29) is 23.7 Å². The molecule has 0 bridgehead atoms. The van der Waals surface area contributed by atoms with Gasteiger partial charge in [0.2, 0.25) is 5.95 Å². The summed E-state index contributed by atoms with van der Waals surface area (Å²) in [5.41, 5.74) is 2.99. The molecule has 0 aliphatic rings. The molecule has 7 nitrogen and oxygen atoms in total. The second-order valence-corrected chi connectivity index (χ2v) is 6.32. The number of allylic oxidation sites excluding steroid dienone is 1. The van der Waals surface area contributed by atoms with Crippen LogP contribution in [0.25, 0.3) is 22.8 Å². The summed E-state index contributed by atoms with van der Waals surface area (Å²) in [6, 6.07) is 8.18.